The number of hydrogen-bond acceptors (Lipinski definition) is 2. The highest BCUT2D eigenvalue weighted by atomic mass is 16.6. The highest BCUT2D eigenvalue weighted by Crippen LogP contribution is 2.44. The molecule has 1 heterocycles. The van der Waals surface area contributed by atoms with Crippen LogP contribution in [0, 0.1) is 20.8 Å². The molecule has 0 saturated carbocycles. The Morgan fingerprint density at radius 1 is 0.812 bits per heavy atom. The van der Waals surface area contributed by atoms with Gasteiger partial charge in [0.1, 0.15) is 13.2 Å². The maximum absolute atomic E-state index is 5.81. The number of benzene rings is 1. The molecular formula is C14H20O2. The van der Waals surface area contributed by atoms with Crippen molar-refractivity contribution in [1.82, 2.24) is 0 Å². The summed E-state index contributed by atoms with van der Waals surface area (Å²) < 4.78 is 11.6. The minimum absolute atomic E-state index is 0.467. The summed E-state index contributed by atoms with van der Waals surface area (Å²) in [6.45, 7) is 12.2. The third-order valence-corrected chi connectivity index (χ3v) is 3.47. The smallest absolute Gasteiger partial charge is 0.165 e. The molecule has 1 aromatic carbocycles. The van der Waals surface area contributed by atoms with E-state index in [9.17, 15) is 0 Å². The van der Waals surface area contributed by atoms with Gasteiger partial charge in [0.2, 0.25) is 0 Å². The van der Waals surface area contributed by atoms with Crippen LogP contribution in [0.5, 0.6) is 11.5 Å². The molecule has 0 fully saturated rings. The quantitative estimate of drug-likeness (QED) is 0.721. The van der Waals surface area contributed by atoms with Crippen molar-refractivity contribution in [3.8, 4) is 11.5 Å². The SMILES string of the molecule is Cc1c(C)c2c(c(C(C)C)c1C)OCCO2. The Balaban J connectivity index is 2.73. The summed E-state index contributed by atoms with van der Waals surface area (Å²) in [5, 5.41) is 0. The summed E-state index contributed by atoms with van der Waals surface area (Å²) in [6, 6.07) is 0. The molecule has 2 nitrogen and oxygen atoms in total. The van der Waals surface area contributed by atoms with E-state index in [1.165, 1.54) is 22.3 Å². The minimum Gasteiger partial charge on any atom is -0.486 e. The third-order valence-electron chi connectivity index (χ3n) is 3.47. The lowest BCUT2D eigenvalue weighted by molar-refractivity contribution is 0.168. The zero-order chi connectivity index (χ0) is 11.9. The first-order chi connectivity index (χ1) is 7.54. The van der Waals surface area contributed by atoms with Gasteiger partial charge in [0.05, 0.1) is 0 Å². The van der Waals surface area contributed by atoms with Crippen LogP contribution >= 0.6 is 0 Å². The molecular weight excluding hydrogens is 200 g/mol. The predicted molar refractivity (Wildman–Crippen MR) is 65.7 cm³/mol. The van der Waals surface area contributed by atoms with Crippen LogP contribution < -0.4 is 9.47 Å². The van der Waals surface area contributed by atoms with Crippen LogP contribution in [0.2, 0.25) is 0 Å². The van der Waals surface area contributed by atoms with Crippen LogP contribution in [-0.4, -0.2) is 13.2 Å². The zero-order valence-corrected chi connectivity index (χ0v) is 10.8. The summed E-state index contributed by atoms with van der Waals surface area (Å²) >= 11 is 0. The predicted octanol–water partition coefficient (Wildman–Crippen LogP) is 3.51. The molecule has 0 bridgehead atoms. The van der Waals surface area contributed by atoms with Crippen LogP contribution in [0.3, 0.4) is 0 Å². The number of fused-ring (bicyclic) bond motifs is 1. The average Bonchev–Trinajstić information content (AvgIpc) is 2.26. The van der Waals surface area contributed by atoms with Crippen LogP contribution in [0.25, 0.3) is 0 Å². The molecule has 0 N–H and O–H groups in total. The fourth-order valence-electron chi connectivity index (χ4n) is 2.42. The molecule has 2 heteroatoms. The standard InChI is InChI=1S/C14H20O2/c1-8(2)12-10(4)9(3)11(5)13-14(12)16-7-6-15-13/h8H,6-7H2,1-5H3. The third kappa shape index (κ3) is 1.57. The molecule has 1 aliphatic heterocycles. The van der Waals surface area contributed by atoms with Crippen molar-refractivity contribution in [3.63, 3.8) is 0 Å². The van der Waals surface area contributed by atoms with E-state index in [4.69, 9.17) is 9.47 Å². The molecule has 0 aliphatic carbocycles. The first-order valence-corrected chi connectivity index (χ1v) is 5.93. The van der Waals surface area contributed by atoms with E-state index in [1.807, 2.05) is 0 Å². The summed E-state index contributed by atoms with van der Waals surface area (Å²) in [5.74, 6) is 2.40. The summed E-state index contributed by atoms with van der Waals surface area (Å²) in [7, 11) is 0. The van der Waals surface area contributed by atoms with Gasteiger partial charge in [0, 0.05) is 5.56 Å². The van der Waals surface area contributed by atoms with Gasteiger partial charge in [-0.1, -0.05) is 13.8 Å². The van der Waals surface area contributed by atoms with E-state index in [-0.39, 0.29) is 0 Å². The molecule has 88 valence electrons. The van der Waals surface area contributed by atoms with Gasteiger partial charge in [-0.2, -0.15) is 0 Å². The molecule has 0 amide bonds. The fourth-order valence-corrected chi connectivity index (χ4v) is 2.42. The topological polar surface area (TPSA) is 18.5 Å². The molecule has 1 aromatic rings. The maximum Gasteiger partial charge on any atom is 0.165 e. The fraction of sp³-hybridized carbons (Fsp3) is 0.571. The number of rotatable bonds is 1. The molecule has 0 aromatic heterocycles. The monoisotopic (exact) mass is 220 g/mol. The van der Waals surface area contributed by atoms with Crippen molar-refractivity contribution in [1.29, 1.82) is 0 Å². The normalized spacial score (nSPS) is 14.4. The van der Waals surface area contributed by atoms with E-state index in [0.717, 1.165) is 11.5 Å². The molecule has 0 saturated heterocycles. The molecule has 16 heavy (non-hydrogen) atoms. The number of ether oxygens (including phenoxy) is 2. The summed E-state index contributed by atoms with van der Waals surface area (Å²) in [5.41, 5.74) is 5.19. The van der Waals surface area contributed by atoms with Crippen LogP contribution in [0.1, 0.15) is 42.0 Å². The Bertz CT molecular complexity index is 419. The van der Waals surface area contributed by atoms with Crippen molar-refractivity contribution in [2.24, 2.45) is 0 Å². The largest absolute Gasteiger partial charge is 0.486 e. The van der Waals surface area contributed by atoms with Crippen molar-refractivity contribution in [2.45, 2.75) is 40.5 Å². The highest BCUT2D eigenvalue weighted by Gasteiger charge is 2.24. The molecule has 0 spiro atoms. The van der Waals surface area contributed by atoms with Crippen molar-refractivity contribution in [2.75, 3.05) is 13.2 Å². The Morgan fingerprint density at radius 2 is 1.38 bits per heavy atom. The number of hydrogen-bond donors (Lipinski definition) is 0. The van der Waals surface area contributed by atoms with Gasteiger partial charge < -0.3 is 9.47 Å². The minimum atomic E-state index is 0.467. The average molecular weight is 220 g/mol. The molecule has 1 aliphatic rings. The second-order valence-corrected chi connectivity index (χ2v) is 4.80. The van der Waals surface area contributed by atoms with Crippen LogP contribution in [0.15, 0.2) is 0 Å². The molecule has 2 rings (SSSR count). The van der Waals surface area contributed by atoms with Gasteiger partial charge in [-0.3, -0.25) is 0 Å². The van der Waals surface area contributed by atoms with Gasteiger partial charge in [-0.25, -0.2) is 0 Å². The lowest BCUT2D eigenvalue weighted by Crippen LogP contribution is -2.19. The van der Waals surface area contributed by atoms with E-state index in [2.05, 4.69) is 34.6 Å². The van der Waals surface area contributed by atoms with Crippen molar-refractivity contribution >= 4 is 0 Å². The molecule has 0 atom stereocenters. The lowest BCUT2D eigenvalue weighted by atomic mass is 9.90. The van der Waals surface area contributed by atoms with Crippen LogP contribution in [0.4, 0.5) is 0 Å². The van der Waals surface area contributed by atoms with Gasteiger partial charge in [0.25, 0.3) is 0 Å². The Labute approximate surface area is 97.6 Å². The summed E-state index contributed by atoms with van der Waals surface area (Å²) in [6.07, 6.45) is 0. The lowest BCUT2D eigenvalue weighted by Gasteiger charge is -2.27. The van der Waals surface area contributed by atoms with Crippen molar-refractivity contribution < 1.29 is 9.47 Å². The molecule has 0 radical (unpaired) electrons. The van der Waals surface area contributed by atoms with Crippen molar-refractivity contribution in [3.05, 3.63) is 22.3 Å². The van der Waals surface area contributed by atoms with E-state index in [0.29, 0.717) is 19.1 Å². The van der Waals surface area contributed by atoms with Gasteiger partial charge in [-0.05, 0) is 43.4 Å². The van der Waals surface area contributed by atoms with Crippen LogP contribution in [-0.2, 0) is 0 Å². The van der Waals surface area contributed by atoms with Gasteiger partial charge in [-0.15, -0.1) is 0 Å². The first kappa shape index (κ1) is 11.3. The van der Waals surface area contributed by atoms with Gasteiger partial charge in [0.15, 0.2) is 11.5 Å². The Kier molecular flexibility index (Phi) is 2.83. The Morgan fingerprint density at radius 3 is 1.94 bits per heavy atom. The maximum atomic E-state index is 5.81. The second-order valence-electron chi connectivity index (χ2n) is 4.80. The highest BCUT2D eigenvalue weighted by molar-refractivity contribution is 5.60. The van der Waals surface area contributed by atoms with E-state index < -0.39 is 0 Å². The van der Waals surface area contributed by atoms with E-state index in [1.54, 1.807) is 0 Å². The van der Waals surface area contributed by atoms with E-state index >= 15 is 0 Å². The zero-order valence-electron chi connectivity index (χ0n) is 10.8. The first-order valence-electron chi connectivity index (χ1n) is 5.93. The Hall–Kier alpha value is -1.18. The van der Waals surface area contributed by atoms with Gasteiger partial charge >= 0.3 is 0 Å². The second kappa shape index (κ2) is 4.00. The summed E-state index contributed by atoms with van der Waals surface area (Å²) in [4.78, 5) is 0. The molecule has 0 unspecified atom stereocenters.